The van der Waals surface area contributed by atoms with Gasteiger partial charge in [0, 0.05) is 10.9 Å². The number of nitrogens with zero attached hydrogens (tertiary/aromatic N) is 1. The quantitative estimate of drug-likeness (QED) is 0.867. The molecule has 0 spiro atoms. The number of nitrogens with one attached hydrogen (secondary N) is 1. The lowest BCUT2D eigenvalue weighted by atomic mass is 10.0. The number of carbonyl (C=O) groups excluding carboxylic acids is 1. The van der Waals surface area contributed by atoms with Crippen LogP contribution < -0.4 is 5.32 Å². The lowest BCUT2D eigenvalue weighted by Gasteiger charge is -2.23. The molecular weight excluding hydrogens is 260 g/mol. The van der Waals surface area contributed by atoms with E-state index >= 15 is 0 Å². The van der Waals surface area contributed by atoms with E-state index in [1.54, 1.807) is 19.9 Å². The number of hydrogen-bond donors (Lipinski definition) is 2. The van der Waals surface area contributed by atoms with E-state index in [2.05, 4.69) is 10.5 Å². The van der Waals surface area contributed by atoms with Crippen LogP contribution in [0, 0.1) is 0 Å². The first kappa shape index (κ1) is 14.0. The lowest BCUT2D eigenvalue weighted by Crippen LogP contribution is -2.45. The van der Waals surface area contributed by atoms with E-state index < -0.39 is 11.5 Å². The first-order valence-corrected chi connectivity index (χ1v) is 6.23. The number of hydrogen-bond acceptors (Lipinski definition) is 4. The van der Waals surface area contributed by atoms with Gasteiger partial charge in [0.15, 0.2) is 5.58 Å². The van der Waals surface area contributed by atoms with Crippen molar-refractivity contribution in [2.24, 2.45) is 0 Å². The highest BCUT2D eigenvalue weighted by molar-refractivity contribution is 5.86. The van der Waals surface area contributed by atoms with Crippen LogP contribution >= 0.6 is 0 Å². The number of carboxylic acid groups (broad SMARTS) is 1. The Hall–Kier alpha value is -2.37. The number of para-hydroxylation sites is 1. The van der Waals surface area contributed by atoms with Gasteiger partial charge in [0.2, 0.25) is 5.91 Å². The van der Waals surface area contributed by atoms with Gasteiger partial charge in [-0.3, -0.25) is 9.59 Å². The third-order valence-corrected chi connectivity index (χ3v) is 2.85. The molecule has 0 unspecified atom stereocenters. The highest BCUT2D eigenvalue weighted by Gasteiger charge is 2.24. The van der Waals surface area contributed by atoms with Crippen LogP contribution in [0.15, 0.2) is 28.8 Å². The minimum atomic E-state index is -0.956. The number of amides is 1. The van der Waals surface area contributed by atoms with Gasteiger partial charge in [0.05, 0.1) is 12.8 Å². The number of carbonyl (C=O) groups is 2. The zero-order chi connectivity index (χ0) is 14.8. The monoisotopic (exact) mass is 276 g/mol. The third-order valence-electron chi connectivity index (χ3n) is 2.85. The maximum atomic E-state index is 12.0. The van der Waals surface area contributed by atoms with Crippen LogP contribution in [0.3, 0.4) is 0 Å². The van der Waals surface area contributed by atoms with Gasteiger partial charge in [-0.15, -0.1) is 0 Å². The molecule has 0 aliphatic heterocycles. The number of aliphatic carboxylic acids is 1. The molecule has 1 amide bonds. The molecule has 1 aromatic heterocycles. The molecule has 0 atom stereocenters. The van der Waals surface area contributed by atoms with Gasteiger partial charge in [-0.2, -0.15) is 0 Å². The Balaban J connectivity index is 2.06. The molecule has 1 heterocycles. The van der Waals surface area contributed by atoms with Crippen molar-refractivity contribution in [2.45, 2.75) is 32.2 Å². The summed E-state index contributed by atoms with van der Waals surface area (Å²) in [6.07, 6.45) is -0.0850. The van der Waals surface area contributed by atoms with Crippen molar-refractivity contribution in [3.8, 4) is 0 Å². The van der Waals surface area contributed by atoms with Crippen molar-refractivity contribution < 1.29 is 19.2 Å². The Morgan fingerprint density at radius 1 is 1.35 bits per heavy atom. The van der Waals surface area contributed by atoms with E-state index in [4.69, 9.17) is 9.63 Å². The van der Waals surface area contributed by atoms with Crippen LogP contribution in [0.2, 0.25) is 0 Å². The number of carboxylic acids is 1. The van der Waals surface area contributed by atoms with Crippen LogP contribution in [-0.2, 0) is 16.0 Å². The minimum absolute atomic E-state index is 0.0556. The fourth-order valence-electron chi connectivity index (χ4n) is 2.06. The fourth-order valence-corrected chi connectivity index (χ4v) is 2.06. The second kappa shape index (κ2) is 5.32. The largest absolute Gasteiger partial charge is 0.481 e. The molecule has 20 heavy (non-hydrogen) atoms. The van der Waals surface area contributed by atoms with Crippen LogP contribution in [0.1, 0.15) is 26.0 Å². The average Bonchev–Trinajstić information content (AvgIpc) is 2.70. The van der Waals surface area contributed by atoms with Crippen LogP contribution in [-0.4, -0.2) is 27.7 Å². The molecule has 1 aromatic carbocycles. The molecule has 0 aliphatic rings. The van der Waals surface area contributed by atoms with Crippen molar-refractivity contribution in [3.05, 3.63) is 30.0 Å². The molecule has 106 valence electrons. The summed E-state index contributed by atoms with van der Waals surface area (Å²) in [6.45, 7) is 3.33. The minimum Gasteiger partial charge on any atom is -0.481 e. The molecule has 0 bridgehead atoms. The Morgan fingerprint density at radius 2 is 2.05 bits per heavy atom. The molecule has 6 nitrogen and oxygen atoms in total. The Bertz CT molecular complexity index is 645. The van der Waals surface area contributed by atoms with Gasteiger partial charge >= 0.3 is 5.97 Å². The number of benzene rings is 1. The Kier molecular flexibility index (Phi) is 3.74. The van der Waals surface area contributed by atoms with Crippen molar-refractivity contribution >= 4 is 22.8 Å². The van der Waals surface area contributed by atoms with Gasteiger partial charge in [0.1, 0.15) is 5.69 Å². The highest BCUT2D eigenvalue weighted by atomic mass is 16.5. The predicted octanol–water partition coefficient (Wildman–Crippen LogP) is 1.74. The SMILES string of the molecule is CC(C)(CC(=O)O)NC(=O)Cc1noc2ccccc12. The van der Waals surface area contributed by atoms with E-state index in [1.807, 2.05) is 18.2 Å². The summed E-state index contributed by atoms with van der Waals surface area (Å²) in [6, 6.07) is 7.28. The van der Waals surface area contributed by atoms with Gasteiger partial charge < -0.3 is 14.9 Å². The van der Waals surface area contributed by atoms with E-state index in [9.17, 15) is 9.59 Å². The summed E-state index contributed by atoms with van der Waals surface area (Å²) in [5.41, 5.74) is 0.368. The molecular formula is C14H16N2O4. The zero-order valence-corrected chi connectivity index (χ0v) is 11.3. The summed E-state index contributed by atoms with van der Waals surface area (Å²) >= 11 is 0. The maximum absolute atomic E-state index is 12.0. The van der Waals surface area contributed by atoms with E-state index in [1.165, 1.54) is 0 Å². The summed E-state index contributed by atoms with van der Waals surface area (Å²) in [4.78, 5) is 22.7. The predicted molar refractivity (Wildman–Crippen MR) is 72.2 cm³/mol. The first-order chi connectivity index (χ1) is 9.37. The molecule has 0 aliphatic carbocycles. The van der Waals surface area contributed by atoms with E-state index in [0.29, 0.717) is 11.3 Å². The summed E-state index contributed by atoms with van der Waals surface area (Å²) in [5.74, 6) is -1.24. The average molecular weight is 276 g/mol. The van der Waals surface area contributed by atoms with Crippen LogP contribution in [0.5, 0.6) is 0 Å². The second-order valence-electron chi connectivity index (χ2n) is 5.30. The molecule has 2 N–H and O–H groups in total. The third kappa shape index (κ3) is 3.34. The van der Waals surface area contributed by atoms with Crippen molar-refractivity contribution in [1.82, 2.24) is 10.5 Å². The fraction of sp³-hybridized carbons (Fsp3) is 0.357. The number of fused-ring (bicyclic) bond motifs is 1. The molecule has 0 saturated heterocycles. The first-order valence-electron chi connectivity index (χ1n) is 6.23. The summed E-state index contributed by atoms with van der Waals surface area (Å²) in [5, 5.41) is 16.1. The maximum Gasteiger partial charge on any atom is 0.305 e. The van der Waals surface area contributed by atoms with Gasteiger partial charge in [-0.25, -0.2) is 0 Å². The molecule has 6 heteroatoms. The zero-order valence-electron chi connectivity index (χ0n) is 11.3. The van der Waals surface area contributed by atoms with Gasteiger partial charge in [0.25, 0.3) is 0 Å². The molecule has 0 saturated carbocycles. The van der Waals surface area contributed by atoms with Gasteiger partial charge in [-0.1, -0.05) is 17.3 Å². The molecule has 2 rings (SSSR count). The van der Waals surface area contributed by atoms with Gasteiger partial charge in [-0.05, 0) is 26.0 Å². The van der Waals surface area contributed by atoms with Crippen molar-refractivity contribution in [3.63, 3.8) is 0 Å². The molecule has 0 radical (unpaired) electrons. The topological polar surface area (TPSA) is 92.4 Å². The molecule has 0 fully saturated rings. The Labute approximate surface area is 115 Å². The summed E-state index contributed by atoms with van der Waals surface area (Å²) in [7, 11) is 0. The Morgan fingerprint density at radius 3 is 2.75 bits per heavy atom. The number of rotatable bonds is 5. The van der Waals surface area contributed by atoms with Crippen LogP contribution in [0.25, 0.3) is 11.0 Å². The molecule has 2 aromatic rings. The standard InChI is InChI=1S/C14H16N2O4/c1-14(2,8-13(18)19)15-12(17)7-10-9-5-3-4-6-11(9)20-16-10/h3-6H,7-8H2,1-2H3,(H,15,17)(H,18,19). The van der Waals surface area contributed by atoms with Crippen molar-refractivity contribution in [2.75, 3.05) is 0 Å². The lowest BCUT2D eigenvalue weighted by molar-refractivity contribution is -0.138. The normalized spacial score (nSPS) is 11.5. The summed E-state index contributed by atoms with van der Waals surface area (Å²) < 4.78 is 5.12. The van der Waals surface area contributed by atoms with E-state index in [0.717, 1.165) is 5.39 Å². The number of aromatic nitrogens is 1. The second-order valence-corrected chi connectivity index (χ2v) is 5.30. The van der Waals surface area contributed by atoms with Crippen LogP contribution in [0.4, 0.5) is 0 Å². The highest BCUT2D eigenvalue weighted by Crippen LogP contribution is 2.18. The smallest absolute Gasteiger partial charge is 0.305 e. The van der Waals surface area contributed by atoms with Crippen molar-refractivity contribution in [1.29, 1.82) is 0 Å². The van der Waals surface area contributed by atoms with E-state index in [-0.39, 0.29) is 18.7 Å².